The van der Waals surface area contributed by atoms with Crippen LogP contribution < -0.4 is 10.1 Å². The number of benzene rings is 2. The Morgan fingerprint density at radius 1 is 1.25 bits per heavy atom. The third-order valence-corrected chi connectivity index (χ3v) is 6.77. The van der Waals surface area contributed by atoms with Crippen molar-refractivity contribution in [1.82, 2.24) is 4.31 Å². The summed E-state index contributed by atoms with van der Waals surface area (Å²) in [7, 11) is -3.31. The molecule has 3 rings (SSSR count). The highest BCUT2D eigenvalue weighted by molar-refractivity contribution is 7.89. The predicted octanol–water partition coefficient (Wildman–Crippen LogP) is 4.13. The lowest BCUT2D eigenvalue weighted by Gasteiger charge is -2.31. The van der Waals surface area contributed by atoms with Gasteiger partial charge in [0.1, 0.15) is 5.75 Å². The molecule has 0 aromatic heterocycles. The Balaban J connectivity index is 1.75. The van der Waals surface area contributed by atoms with Crippen molar-refractivity contribution in [1.29, 1.82) is 0 Å². The number of carbonyl (C=O) groups excluding carboxylic acids is 1. The fourth-order valence-electron chi connectivity index (χ4n) is 3.13. The largest absolute Gasteiger partial charge is 0.455 e. The van der Waals surface area contributed by atoms with Crippen LogP contribution in [0.1, 0.15) is 19.8 Å². The van der Waals surface area contributed by atoms with Gasteiger partial charge in [-0.25, -0.2) is 12.7 Å². The highest BCUT2D eigenvalue weighted by Gasteiger charge is 2.31. The summed E-state index contributed by atoms with van der Waals surface area (Å²) in [6, 6.07) is 14.2. The number of nitrogens with one attached hydrogen (secondary N) is 1. The van der Waals surface area contributed by atoms with E-state index in [9.17, 15) is 13.2 Å². The molecule has 0 spiro atoms. The van der Waals surface area contributed by atoms with Gasteiger partial charge in [-0.05, 0) is 50.1 Å². The topological polar surface area (TPSA) is 75.7 Å². The van der Waals surface area contributed by atoms with Gasteiger partial charge in [-0.2, -0.15) is 0 Å². The molecule has 1 aliphatic rings. The first-order valence-electron chi connectivity index (χ1n) is 9.20. The van der Waals surface area contributed by atoms with Gasteiger partial charge in [0.15, 0.2) is 5.75 Å². The van der Waals surface area contributed by atoms with E-state index in [0.717, 1.165) is 0 Å². The van der Waals surface area contributed by atoms with Gasteiger partial charge in [-0.3, -0.25) is 4.79 Å². The van der Waals surface area contributed by atoms with Crippen LogP contribution in [-0.2, 0) is 14.8 Å². The van der Waals surface area contributed by atoms with E-state index < -0.39 is 15.9 Å². The molecule has 2 aromatic carbocycles. The first-order valence-corrected chi connectivity index (χ1v) is 11.2. The fraction of sp³-hybridized carbons (Fsp3) is 0.350. The Kier molecular flexibility index (Phi) is 6.59. The van der Waals surface area contributed by atoms with E-state index in [0.29, 0.717) is 41.6 Å². The van der Waals surface area contributed by atoms with Crippen molar-refractivity contribution < 1.29 is 17.9 Å². The lowest BCUT2D eigenvalue weighted by molar-refractivity contribution is -0.120. The Labute approximate surface area is 170 Å². The summed E-state index contributed by atoms with van der Waals surface area (Å²) in [6.07, 6.45) is 1.29. The summed E-state index contributed by atoms with van der Waals surface area (Å²) in [4.78, 5) is 12.8. The zero-order valence-corrected chi connectivity index (χ0v) is 17.2. The molecule has 0 aliphatic carbocycles. The van der Waals surface area contributed by atoms with Gasteiger partial charge in [-0.1, -0.05) is 29.8 Å². The highest BCUT2D eigenvalue weighted by atomic mass is 35.5. The summed E-state index contributed by atoms with van der Waals surface area (Å²) in [5.41, 5.74) is 0.455. The smallest absolute Gasteiger partial charge is 0.228 e. The van der Waals surface area contributed by atoms with Crippen LogP contribution in [0.15, 0.2) is 48.5 Å². The monoisotopic (exact) mass is 422 g/mol. The molecule has 6 nitrogen and oxygen atoms in total. The minimum atomic E-state index is -3.31. The molecule has 150 valence electrons. The molecule has 1 saturated heterocycles. The predicted molar refractivity (Wildman–Crippen MR) is 110 cm³/mol. The quantitative estimate of drug-likeness (QED) is 0.759. The maximum atomic E-state index is 12.8. The second-order valence-corrected chi connectivity index (χ2v) is 9.34. The summed E-state index contributed by atoms with van der Waals surface area (Å²) >= 11 is 6.10. The van der Waals surface area contributed by atoms with Crippen molar-refractivity contribution in [2.45, 2.75) is 19.8 Å². The summed E-state index contributed by atoms with van der Waals surface area (Å²) in [5, 5.41) is 3.33. The zero-order valence-electron chi connectivity index (χ0n) is 15.6. The molecule has 2 aromatic rings. The standard InChI is InChI=1S/C20H23ClN2O4S/c1-2-28(25,26)23-12-6-7-15(14-23)20(24)22-18-13-16(21)10-11-19(18)27-17-8-4-3-5-9-17/h3-5,8-11,13,15H,2,6-7,12,14H2,1H3,(H,22,24)/t15-/m1/s1. The van der Waals surface area contributed by atoms with E-state index in [2.05, 4.69) is 5.32 Å². The summed E-state index contributed by atoms with van der Waals surface area (Å²) in [6.45, 7) is 2.26. The Bertz CT molecular complexity index is 934. The lowest BCUT2D eigenvalue weighted by atomic mass is 9.98. The average molecular weight is 423 g/mol. The minimum absolute atomic E-state index is 0.0324. The molecule has 0 unspecified atom stereocenters. The fourth-order valence-corrected chi connectivity index (χ4v) is 4.48. The number of amides is 1. The molecule has 1 N–H and O–H groups in total. The number of halogens is 1. The number of carbonyl (C=O) groups is 1. The van der Waals surface area contributed by atoms with E-state index in [1.807, 2.05) is 30.3 Å². The lowest BCUT2D eigenvalue weighted by Crippen LogP contribution is -2.44. The SMILES string of the molecule is CCS(=O)(=O)N1CCC[C@@H](C(=O)Nc2cc(Cl)ccc2Oc2ccccc2)C1. The van der Waals surface area contributed by atoms with Crippen molar-refractivity contribution in [3.8, 4) is 11.5 Å². The Hall–Kier alpha value is -2.09. The van der Waals surface area contributed by atoms with Gasteiger partial charge in [0.25, 0.3) is 0 Å². The number of nitrogens with zero attached hydrogens (tertiary/aromatic N) is 1. The number of para-hydroxylation sites is 1. The van der Waals surface area contributed by atoms with Crippen LogP contribution in [0.5, 0.6) is 11.5 Å². The molecular formula is C20H23ClN2O4S. The van der Waals surface area contributed by atoms with Crippen LogP contribution >= 0.6 is 11.6 Å². The normalized spacial score (nSPS) is 17.9. The second kappa shape index (κ2) is 8.94. The molecule has 1 aliphatic heterocycles. The van der Waals surface area contributed by atoms with Crippen molar-refractivity contribution in [3.63, 3.8) is 0 Å². The van der Waals surface area contributed by atoms with Gasteiger partial charge in [0.05, 0.1) is 17.4 Å². The molecule has 0 radical (unpaired) electrons. The Morgan fingerprint density at radius 3 is 2.71 bits per heavy atom. The van der Waals surface area contributed by atoms with Crippen LogP contribution in [0.3, 0.4) is 0 Å². The van der Waals surface area contributed by atoms with Gasteiger partial charge in [0.2, 0.25) is 15.9 Å². The number of hydrogen-bond donors (Lipinski definition) is 1. The number of rotatable bonds is 6. The van der Waals surface area contributed by atoms with Crippen LogP contribution in [0, 0.1) is 5.92 Å². The summed E-state index contributed by atoms with van der Waals surface area (Å²) in [5.74, 6) is 0.482. The van der Waals surface area contributed by atoms with E-state index in [-0.39, 0.29) is 18.2 Å². The van der Waals surface area contributed by atoms with Crippen LogP contribution in [0.25, 0.3) is 0 Å². The summed E-state index contributed by atoms with van der Waals surface area (Å²) < 4.78 is 31.5. The first kappa shape index (κ1) is 20.6. The van der Waals surface area contributed by atoms with Gasteiger partial charge >= 0.3 is 0 Å². The van der Waals surface area contributed by atoms with Gasteiger partial charge in [0, 0.05) is 18.1 Å². The zero-order chi connectivity index (χ0) is 20.1. The van der Waals surface area contributed by atoms with Crippen LogP contribution in [-0.4, -0.2) is 37.5 Å². The number of sulfonamides is 1. The Morgan fingerprint density at radius 2 is 2.00 bits per heavy atom. The van der Waals surface area contributed by atoms with E-state index in [1.54, 1.807) is 25.1 Å². The number of hydrogen-bond acceptors (Lipinski definition) is 4. The average Bonchev–Trinajstić information content (AvgIpc) is 2.71. The highest BCUT2D eigenvalue weighted by Crippen LogP contribution is 2.33. The molecule has 28 heavy (non-hydrogen) atoms. The van der Waals surface area contributed by atoms with E-state index >= 15 is 0 Å². The molecular weight excluding hydrogens is 400 g/mol. The van der Waals surface area contributed by atoms with Crippen LogP contribution in [0.4, 0.5) is 5.69 Å². The van der Waals surface area contributed by atoms with Gasteiger partial charge in [-0.15, -0.1) is 0 Å². The van der Waals surface area contributed by atoms with Crippen molar-refractivity contribution in [2.75, 3.05) is 24.2 Å². The maximum Gasteiger partial charge on any atom is 0.228 e. The van der Waals surface area contributed by atoms with Gasteiger partial charge < -0.3 is 10.1 Å². The second-order valence-electron chi connectivity index (χ2n) is 6.64. The molecule has 1 atom stereocenters. The van der Waals surface area contributed by atoms with Crippen molar-refractivity contribution in [3.05, 3.63) is 53.6 Å². The molecule has 1 fully saturated rings. The van der Waals surface area contributed by atoms with E-state index in [4.69, 9.17) is 16.3 Å². The number of ether oxygens (including phenoxy) is 1. The van der Waals surface area contributed by atoms with Crippen molar-refractivity contribution >= 4 is 33.2 Å². The molecule has 8 heteroatoms. The third-order valence-electron chi connectivity index (χ3n) is 4.68. The third kappa shape index (κ3) is 5.04. The minimum Gasteiger partial charge on any atom is -0.455 e. The van der Waals surface area contributed by atoms with Crippen LogP contribution in [0.2, 0.25) is 5.02 Å². The molecule has 0 bridgehead atoms. The molecule has 1 heterocycles. The molecule has 0 saturated carbocycles. The molecule has 1 amide bonds. The first-order chi connectivity index (χ1) is 13.4. The number of piperidine rings is 1. The van der Waals surface area contributed by atoms with E-state index in [1.165, 1.54) is 4.31 Å². The maximum absolute atomic E-state index is 12.8. The number of anilines is 1. The van der Waals surface area contributed by atoms with Crippen molar-refractivity contribution in [2.24, 2.45) is 5.92 Å².